The van der Waals surface area contributed by atoms with Crippen LogP contribution in [0.5, 0.6) is 5.75 Å². The van der Waals surface area contributed by atoms with E-state index in [1.54, 1.807) is 12.1 Å². The number of carbonyl (C=O) groups excluding carboxylic acids is 2. The molecule has 3 aromatic carbocycles. The molecular weight excluding hydrogens is 454 g/mol. The summed E-state index contributed by atoms with van der Waals surface area (Å²) in [6.07, 6.45) is 1.63. The van der Waals surface area contributed by atoms with Crippen LogP contribution in [0.15, 0.2) is 84.4 Å². The second kappa shape index (κ2) is 10.4. The van der Waals surface area contributed by atoms with E-state index >= 15 is 0 Å². The molecule has 1 N–H and O–H groups in total. The van der Waals surface area contributed by atoms with Gasteiger partial charge in [0.1, 0.15) is 18.1 Å². The van der Waals surface area contributed by atoms with E-state index in [2.05, 4.69) is 0 Å². The van der Waals surface area contributed by atoms with Gasteiger partial charge in [0.05, 0.1) is 17.7 Å². The van der Waals surface area contributed by atoms with Crippen LogP contribution in [0.1, 0.15) is 41.1 Å². The van der Waals surface area contributed by atoms with Crippen LogP contribution in [0, 0.1) is 6.92 Å². The minimum absolute atomic E-state index is 0.0970. The smallest absolute Gasteiger partial charge is 0.295 e. The molecule has 2 saturated heterocycles. The summed E-state index contributed by atoms with van der Waals surface area (Å²) >= 11 is 0. The Morgan fingerprint density at radius 2 is 1.72 bits per heavy atom. The number of hydrogen-bond acceptors (Lipinski definition) is 5. The fourth-order valence-corrected chi connectivity index (χ4v) is 4.78. The van der Waals surface area contributed by atoms with Gasteiger partial charge in [-0.05, 0) is 43.0 Å². The third-order valence-corrected chi connectivity index (χ3v) is 6.73. The zero-order valence-electron chi connectivity index (χ0n) is 20.2. The van der Waals surface area contributed by atoms with Gasteiger partial charge < -0.3 is 19.5 Å². The molecule has 0 bridgehead atoms. The van der Waals surface area contributed by atoms with Crippen LogP contribution in [-0.2, 0) is 20.9 Å². The summed E-state index contributed by atoms with van der Waals surface area (Å²) in [7, 11) is 0. The van der Waals surface area contributed by atoms with Crippen molar-refractivity contribution in [2.24, 2.45) is 0 Å². The maximum atomic E-state index is 13.2. The molecule has 1 amide bonds. The first-order valence-electron chi connectivity index (χ1n) is 12.2. The molecule has 2 atom stereocenters. The van der Waals surface area contributed by atoms with Gasteiger partial charge in [-0.2, -0.15) is 0 Å². The summed E-state index contributed by atoms with van der Waals surface area (Å²) in [5.41, 5.74) is 3.42. The summed E-state index contributed by atoms with van der Waals surface area (Å²) in [5, 5.41) is 11.2. The lowest BCUT2D eigenvalue weighted by atomic mass is 9.95. The number of hydrogen-bond donors (Lipinski definition) is 1. The third-order valence-electron chi connectivity index (χ3n) is 6.73. The van der Waals surface area contributed by atoms with E-state index in [0.717, 1.165) is 29.5 Å². The maximum Gasteiger partial charge on any atom is 0.295 e. The van der Waals surface area contributed by atoms with Crippen molar-refractivity contribution in [1.29, 1.82) is 0 Å². The Hall–Kier alpha value is -3.90. The van der Waals surface area contributed by atoms with E-state index in [1.165, 1.54) is 4.90 Å². The highest BCUT2D eigenvalue weighted by atomic mass is 16.5. The number of amides is 1. The molecule has 0 spiro atoms. The van der Waals surface area contributed by atoms with Gasteiger partial charge >= 0.3 is 0 Å². The van der Waals surface area contributed by atoms with Crippen molar-refractivity contribution in [2.45, 2.75) is 38.5 Å². The van der Waals surface area contributed by atoms with Crippen molar-refractivity contribution in [3.8, 4) is 5.75 Å². The van der Waals surface area contributed by atoms with E-state index in [9.17, 15) is 14.7 Å². The molecule has 6 nitrogen and oxygen atoms in total. The van der Waals surface area contributed by atoms with Crippen molar-refractivity contribution in [3.63, 3.8) is 0 Å². The maximum absolute atomic E-state index is 13.2. The molecule has 2 unspecified atom stereocenters. The molecule has 184 valence electrons. The van der Waals surface area contributed by atoms with Gasteiger partial charge in [-0.3, -0.25) is 9.59 Å². The normalized spacial score (nSPS) is 21.2. The molecule has 2 aliphatic rings. The monoisotopic (exact) mass is 483 g/mol. The summed E-state index contributed by atoms with van der Waals surface area (Å²) < 4.78 is 11.7. The van der Waals surface area contributed by atoms with E-state index in [4.69, 9.17) is 9.47 Å². The summed E-state index contributed by atoms with van der Waals surface area (Å²) in [5.74, 6) is -0.788. The van der Waals surface area contributed by atoms with Gasteiger partial charge in [0.15, 0.2) is 0 Å². The van der Waals surface area contributed by atoms with Crippen molar-refractivity contribution in [3.05, 3.63) is 107 Å². The number of aliphatic hydroxyl groups excluding tert-OH is 1. The number of benzene rings is 3. The van der Waals surface area contributed by atoms with Crippen molar-refractivity contribution in [1.82, 2.24) is 4.90 Å². The summed E-state index contributed by atoms with van der Waals surface area (Å²) in [6, 6.07) is 23.8. The van der Waals surface area contributed by atoms with E-state index < -0.39 is 17.7 Å². The molecule has 0 saturated carbocycles. The Balaban J connectivity index is 1.48. The number of ketones is 1. The Labute approximate surface area is 210 Å². The second-order valence-corrected chi connectivity index (χ2v) is 9.30. The van der Waals surface area contributed by atoms with E-state index in [0.29, 0.717) is 31.1 Å². The van der Waals surface area contributed by atoms with Gasteiger partial charge in [-0.15, -0.1) is 0 Å². The molecule has 2 aliphatic heterocycles. The van der Waals surface area contributed by atoms with Gasteiger partial charge in [0, 0.05) is 18.7 Å². The number of aliphatic hydroxyl groups is 1. The second-order valence-electron chi connectivity index (χ2n) is 9.30. The van der Waals surface area contributed by atoms with Crippen LogP contribution >= 0.6 is 0 Å². The van der Waals surface area contributed by atoms with E-state index in [-0.39, 0.29) is 17.4 Å². The first-order valence-corrected chi connectivity index (χ1v) is 12.2. The molecule has 5 rings (SSSR count). The molecule has 3 aromatic rings. The number of carbonyl (C=O) groups is 2. The van der Waals surface area contributed by atoms with Crippen LogP contribution in [0.3, 0.4) is 0 Å². The fraction of sp³-hybridized carbons (Fsp3) is 0.267. The quantitative estimate of drug-likeness (QED) is 0.285. The first-order chi connectivity index (χ1) is 17.5. The van der Waals surface area contributed by atoms with Crippen LogP contribution in [0.4, 0.5) is 0 Å². The van der Waals surface area contributed by atoms with Crippen molar-refractivity contribution >= 4 is 17.4 Å². The Morgan fingerprint density at radius 3 is 2.39 bits per heavy atom. The molecule has 2 fully saturated rings. The largest absolute Gasteiger partial charge is 0.507 e. The summed E-state index contributed by atoms with van der Waals surface area (Å²) in [4.78, 5) is 27.9. The highest BCUT2D eigenvalue weighted by Gasteiger charge is 2.47. The van der Waals surface area contributed by atoms with Crippen LogP contribution in [0.25, 0.3) is 5.76 Å². The summed E-state index contributed by atoms with van der Waals surface area (Å²) in [6.45, 7) is 3.33. The predicted octanol–water partition coefficient (Wildman–Crippen LogP) is 5.17. The van der Waals surface area contributed by atoms with Crippen LogP contribution < -0.4 is 4.74 Å². The van der Waals surface area contributed by atoms with Gasteiger partial charge in [0.2, 0.25) is 0 Å². The molecule has 6 heteroatoms. The molecule has 36 heavy (non-hydrogen) atoms. The molecule has 0 aliphatic carbocycles. The predicted molar refractivity (Wildman–Crippen MR) is 136 cm³/mol. The SMILES string of the molecule is Cc1ccc(/C(O)=C2\C(=O)C(=O)N(CC3CCCO3)C2c2ccc(OCc3ccccc3)cc2)cc1. The average Bonchev–Trinajstić information content (AvgIpc) is 3.51. The lowest BCUT2D eigenvalue weighted by molar-refractivity contribution is -0.140. The molecule has 0 radical (unpaired) electrons. The lowest BCUT2D eigenvalue weighted by Crippen LogP contribution is -2.36. The fourth-order valence-electron chi connectivity index (χ4n) is 4.78. The minimum Gasteiger partial charge on any atom is -0.507 e. The number of ether oxygens (including phenoxy) is 2. The van der Waals surface area contributed by atoms with Crippen LogP contribution in [-0.4, -0.2) is 41.0 Å². The Kier molecular flexibility index (Phi) is 6.87. The van der Waals surface area contributed by atoms with Crippen LogP contribution in [0.2, 0.25) is 0 Å². The van der Waals surface area contributed by atoms with Gasteiger partial charge in [-0.25, -0.2) is 0 Å². The Bertz CT molecular complexity index is 1260. The number of rotatable bonds is 7. The highest BCUT2D eigenvalue weighted by molar-refractivity contribution is 6.46. The number of Topliss-reactive ketones (excluding diaryl/α,β-unsaturated/α-hetero) is 1. The topological polar surface area (TPSA) is 76.1 Å². The first kappa shape index (κ1) is 23.8. The molecular formula is C30H29NO5. The zero-order valence-corrected chi connectivity index (χ0v) is 20.2. The van der Waals surface area contributed by atoms with E-state index in [1.807, 2.05) is 73.7 Å². The van der Waals surface area contributed by atoms with Gasteiger partial charge in [-0.1, -0.05) is 72.3 Å². The molecule has 2 heterocycles. The number of aryl methyl sites for hydroxylation is 1. The average molecular weight is 484 g/mol. The lowest BCUT2D eigenvalue weighted by Gasteiger charge is -2.27. The number of nitrogens with zero attached hydrogens (tertiary/aromatic N) is 1. The minimum atomic E-state index is -0.710. The third kappa shape index (κ3) is 4.90. The van der Waals surface area contributed by atoms with Crippen molar-refractivity contribution in [2.75, 3.05) is 13.2 Å². The Morgan fingerprint density at radius 1 is 1.00 bits per heavy atom. The molecule has 0 aromatic heterocycles. The zero-order chi connectivity index (χ0) is 25.1. The number of likely N-dealkylation sites (tertiary alicyclic amines) is 1. The highest BCUT2D eigenvalue weighted by Crippen LogP contribution is 2.40. The van der Waals surface area contributed by atoms with Crippen molar-refractivity contribution < 1.29 is 24.2 Å². The standard InChI is InChI=1S/C30H29NO5/c1-20-9-11-23(12-10-20)28(32)26-27(31(30(34)29(26)33)18-25-8-5-17-35-25)22-13-15-24(16-14-22)36-19-21-6-3-2-4-7-21/h2-4,6-7,9-16,25,27,32H,5,8,17-19H2,1H3/b28-26+. The van der Waals surface area contributed by atoms with Gasteiger partial charge in [0.25, 0.3) is 11.7 Å².